The molecule has 2 atom stereocenters. The number of methoxy groups -OCH3 is 1. The van der Waals surface area contributed by atoms with Crippen molar-refractivity contribution in [3.05, 3.63) is 65.7 Å². The van der Waals surface area contributed by atoms with E-state index >= 15 is 0 Å². The maximum Gasteiger partial charge on any atom is 0.251 e. The maximum atomic E-state index is 12.8. The first-order valence-electron chi connectivity index (χ1n) is 9.77. The third-order valence-electron chi connectivity index (χ3n) is 4.87. The number of carbonyl (C=O) groups excluding carboxylic acids is 2. The first-order valence-corrected chi connectivity index (χ1v) is 9.77. The van der Waals surface area contributed by atoms with E-state index in [4.69, 9.17) is 4.74 Å². The summed E-state index contributed by atoms with van der Waals surface area (Å²) in [7, 11) is 5.54. The number of rotatable bonds is 9. The van der Waals surface area contributed by atoms with Gasteiger partial charge in [-0.2, -0.15) is 0 Å². The number of likely N-dealkylation sites (N-methyl/N-ethyl adjacent to an activating group) is 1. The summed E-state index contributed by atoms with van der Waals surface area (Å²) in [5.74, 6) is 0.153. The van der Waals surface area contributed by atoms with Gasteiger partial charge in [0.2, 0.25) is 5.91 Å². The normalized spacial score (nSPS) is 13.1. The lowest BCUT2D eigenvalue weighted by molar-refractivity contribution is -0.124. The smallest absolute Gasteiger partial charge is 0.251 e. The minimum Gasteiger partial charge on any atom is -0.497 e. The fourth-order valence-electron chi connectivity index (χ4n) is 3.08. The third-order valence-corrected chi connectivity index (χ3v) is 4.87. The van der Waals surface area contributed by atoms with Gasteiger partial charge < -0.3 is 20.3 Å². The van der Waals surface area contributed by atoms with E-state index in [1.54, 1.807) is 31.4 Å². The number of ether oxygens (including phenoxy) is 1. The van der Waals surface area contributed by atoms with E-state index in [0.717, 1.165) is 5.56 Å². The molecular weight excluding hydrogens is 366 g/mol. The highest BCUT2D eigenvalue weighted by Gasteiger charge is 2.26. The number of benzene rings is 2. The largest absolute Gasteiger partial charge is 0.497 e. The summed E-state index contributed by atoms with van der Waals surface area (Å²) in [5, 5.41) is 5.86. The van der Waals surface area contributed by atoms with Crippen molar-refractivity contribution in [3.8, 4) is 5.75 Å². The first kappa shape index (κ1) is 22.4. The zero-order chi connectivity index (χ0) is 21.4. The van der Waals surface area contributed by atoms with Crippen LogP contribution in [0.3, 0.4) is 0 Å². The number of carbonyl (C=O) groups is 2. The second kappa shape index (κ2) is 10.6. The van der Waals surface area contributed by atoms with Gasteiger partial charge in [-0.25, -0.2) is 0 Å². The molecule has 2 rings (SSSR count). The summed E-state index contributed by atoms with van der Waals surface area (Å²) < 4.78 is 5.12. The molecule has 0 aliphatic rings. The molecule has 29 heavy (non-hydrogen) atoms. The summed E-state index contributed by atoms with van der Waals surface area (Å²) in [4.78, 5) is 27.5. The Labute approximate surface area is 173 Å². The Kier molecular flexibility index (Phi) is 8.21. The van der Waals surface area contributed by atoms with Crippen molar-refractivity contribution in [1.29, 1.82) is 0 Å². The molecule has 0 aliphatic carbocycles. The topological polar surface area (TPSA) is 70.7 Å². The molecule has 6 heteroatoms. The Morgan fingerprint density at radius 1 is 1.00 bits per heavy atom. The van der Waals surface area contributed by atoms with E-state index in [2.05, 4.69) is 15.5 Å². The molecule has 0 saturated carbocycles. The highest BCUT2D eigenvalue weighted by molar-refractivity contribution is 5.97. The number of hydrogen-bond acceptors (Lipinski definition) is 4. The van der Waals surface area contributed by atoms with Gasteiger partial charge in [0.15, 0.2) is 0 Å². The quantitative estimate of drug-likeness (QED) is 0.683. The molecule has 0 aromatic heterocycles. The molecule has 2 aromatic rings. The predicted octanol–water partition coefficient (Wildman–Crippen LogP) is 2.87. The molecule has 6 nitrogen and oxygen atoms in total. The number of nitrogens with zero attached hydrogens (tertiary/aromatic N) is 1. The predicted molar refractivity (Wildman–Crippen MR) is 115 cm³/mol. The van der Waals surface area contributed by atoms with E-state index < -0.39 is 6.04 Å². The van der Waals surface area contributed by atoms with Crippen LogP contribution in [0.4, 0.5) is 0 Å². The summed E-state index contributed by atoms with van der Waals surface area (Å²) in [6.45, 7) is 4.29. The summed E-state index contributed by atoms with van der Waals surface area (Å²) in [6.07, 6.45) is 0. The van der Waals surface area contributed by atoms with Crippen molar-refractivity contribution < 1.29 is 14.3 Å². The maximum absolute atomic E-state index is 12.8. The summed E-state index contributed by atoms with van der Waals surface area (Å²) in [5.41, 5.74) is 1.61. The zero-order valence-electron chi connectivity index (χ0n) is 17.8. The van der Waals surface area contributed by atoms with Crippen LogP contribution in [0.25, 0.3) is 0 Å². The van der Waals surface area contributed by atoms with E-state index in [0.29, 0.717) is 17.9 Å². The van der Waals surface area contributed by atoms with Crippen molar-refractivity contribution in [1.82, 2.24) is 15.5 Å². The minimum atomic E-state index is -0.622. The van der Waals surface area contributed by atoms with Crippen LogP contribution in [0, 0.1) is 5.92 Å². The van der Waals surface area contributed by atoms with Crippen molar-refractivity contribution in [2.75, 3.05) is 27.7 Å². The van der Waals surface area contributed by atoms with Crippen LogP contribution in [0.2, 0.25) is 0 Å². The van der Waals surface area contributed by atoms with Crippen LogP contribution in [-0.2, 0) is 4.79 Å². The molecular formula is C23H31N3O3. The van der Waals surface area contributed by atoms with Crippen molar-refractivity contribution in [2.45, 2.75) is 25.9 Å². The van der Waals surface area contributed by atoms with Gasteiger partial charge in [-0.15, -0.1) is 0 Å². The van der Waals surface area contributed by atoms with Crippen LogP contribution in [0.15, 0.2) is 54.6 Å². The molecule has 0 spiro atoms. The molecule has 2 aromatic carbocycles. The zero-order valence-corrected chi connectivity index (χ0v) is 17.8. The number of hydrogen-bond donors (Lipinski definition) is 2. The average molecular weight is 398 g/mol. The van der Waals surface area contributed by atoms with E-state index in [-0.39, 0.29) is 23.8 Å². The van der Waals surface area contributed by atoms with Crippen LogP contribution in [0.1, 0.15) is 35.8 Å². The monoisotopic (exact) mass is 397 g/mol. The average Bonchev–Trinajstić information content (AvgIpc) is 2.72. The Morgan fingerprint density at radius 3 is 2.14 bits per heavy atom. The Hall–Kier alpha value is -2.86. The molecule has 0 aliphatic heterocycles. The molecule has 0 radical (unpaired) electrons. The van der Waals surface area contributed by atoms with Gasteiger partial charge in [-0.1, -0.05) is 44.2 Å². The van der Waals surface area contributed by atoms with Gasteiger partial charge in [-0.3, -0.25) is 9.59 Å². The third kappa shape index (κ3) is 6.32. The van der Waals surface area contributed by atoms with E-state index in [1.165, 1.54) is 0 Å². The van der Waals surface area contributed by atoms with Crippen molar-refractivity contribution in [2.24, 2.45) is 5.92 Å². The lowest BCUT2D eigenvalue weighted by Gasteiger charge is -2.27. The Bertz CT molecular complexity index is 789. The highest BCUT2D eigenvalue weighted by atomic mass is 16.5. The second-order valence-electron chi connectivity index (χ2n) is 7.56. The van der Waals surface area contributed by atoms with Gasteiger partial charge in [0.05, 0.1) is 13.2 Å². The van der Waals surface area contributed by atoms with Crippen LogP contribution in [0.5, 0.6) is 5.75 Å². The van der Waals surface area contributed by atoms with Gasteiger partial charge in [-0.05, 0) is 49.8 Å². The van der Waals surface area contributed by atoms with E-state index in [1.807, 2.05) is 58.3 Å². The second-order valence-corrected chi connectivity index (χ2v) is 7.56. The molecule has 156 valence electrons. The number of amides is 2. The van der Waals surface area contributed by atoms with Gasteiger partial charge >= 0.3 is 0 Å². The fourth-order valence-corrected chi connectivity index (χ4v) is 3.08. The van der Waals surface area contributed by atoms with E-state index in [9.17, 15) is 9.59 Å². The van der Waals surface area contributed by atoms with Gasteiger partial charge in [0.1, 0.15) is 11.8 Å². The highest BCUT2D eigenvalue weighted by Crippen LogP contribution is 2.17. The summed E-state index contributed by atoms with van der Waals surface area (Å²) in [6, 6.07) is 16.3. The summed E-state index contributed by atoms with van der Waals surface area (Å²) >= 11 is 0. The molecule has 0 saturated heterocycles. The van der Waals surface area contributed by atoms with Gasteiger partial charge in [0.25, 0.3) is 5.91 Å². The molecule has 2 unspecified atom stereocenters. The number of nitrogens with one attached hydrogen (secondary N) is 2. The minimum absolute atomic E-state index is 0.0465. The lowest BCUT2D eigenvalue weighted by Crippen LogP contribution is -2.51. The molecule has 0 heterocycles. The van der Waals surface area contributed by atoms with Crippen LogP contribution in [-0.4, -0.2) is 50.5 Å². The fraction of sp³-hybridized carbons (Fsp3) is 0.391. The molecule has 2 amide bonds. The van der Waals surface area contributed by atoms with Crippen LogP contribution < -0.4 is 15.4 Å². The van der Waals surface area contributed by atoms with Crippen molar-refractivity contribution >= 4 is 11.8 Å². The molecule has 0 bridgehead atoms. The van der Waals surface area contributed by atoms with Crippen molar-refractivity contribution in [3.63, 3.8) is 0 Å². The van der Waals surface area contributed by atoms with Crippen LogP contribution >= 0.6 is 0 Å². The lowest BCUT2D eigenvalue weighted by atomic mass is 10.0. The Morgan fingerprint density at radius 2 is 1.62 bits per heavy atom. The standard InChI is InChI=1S/C23H31N3O3/c1-16(2)21(25-22(27)18-11-13-19(29-5)14-12-18)23(28)24-15-20(26(3)4)17-9-7-6-8-10-17/h6-14,16,20-21H,15H2,1-5H3,(H,24,28)(H,25,27). The Balaban J connectivity index is 2.03. The first-order chi connectivity index (χ1) is 13.8. The van der Waals surface area contributed by atoms with Gasteiger partial charge in [0, 0.05) is 12.1 Å². The molecule has 0 fully saturated rings. The SMILES string of the molecule is COc1ccc(C(=O)NC(C(=O)NCC(c2ccccc2)N(C)C)C(C)C)cc1. The molecule has 2 N–H and O–H groups in total.